The van der Waals surface area contributed by atoms with E-state index >= 15 is 0 Å². The fourth-order valence-corrected chi connectivity index (χ4v) is 3.10. The third-order valence-corrected chi connectivity index (χ3v) is 5.44. The molecule has 0 aliphatic rings. The van der Waals surface area contributed by atoms with E-state index < -0.39 is 15.9 Å². The maximum Gasteiger partial charge on any atom is 0.319 e. The predicted molar refractivity (Wildman–Crippen MR) is 106 cm³/mol. The number of anilines is 2. The SMILES string of the molecule is C[C@@H](CNC(=O)Nc1cc(S(C)(=O)=O)ccc1Cl)N(C)c1ccccc1. The van der Waals surface area contributed by atoms with Gasteiger partial charge >= 0.3 is 6.03 Å². The molecule has 2 rings (SSSR count). The first-order valence-electron chi connectivity index (χ1n) is 8.01. The monoisotopic (exact) mass is 395 g/mol. The van der Waals surface area contributed by atoms with E-state index in [1.54, 1.807) is 0 Å². The maximum absolute atomic E-state index is 12.1. The highest BCUT2D eigenvalue weighted by Crippen LogP contribution is 2.25. The largest absolute Gasteiger partial charge is 0.370 e. The molecule has 0 aliphatic heterocycles. The molecule has 0 radical (unpaired) electrons. The zero-order chi connectivity index (χ0) is 19.3. The van der Waals surface area contributed by atoms with Crippen LogP contribution in [0.15, 0.2) is 53.4 Å². The topological polar surface area (TPSA) is 78.5 Å². The number of sulfone groups is 1. The van der Waals surface area contributed by atoms with Gasteiger partial charge in [0.15, 0.2) is 9.84 Å². The van der Waals surface area contributed by atoms with Crippen LogP contribution in [0.3, 0.4) is 0 Å². The summed E-state index contributed by atoms with van der Waals surface area (Å²) in [4.78, 5) is 14.3. The van der Waals surface area contributed by atoms with Gasteiger partial charge in [0.2, 0.25) is 0 Å². The third-order valence-electron chi connectivity index (χ3n) is 4.00. The standard InChI is InChI=1S/C18H22ClN3O3S/c1-13(22(2)14-7-5-4-6-8-14)12-20-18(23)21-17-11-15(26(3,24)25)9-10-16(17)19/h4-11,13H,12H2,1-3H3,(H2,20,21,23)/t13-/m0/s1. The lowest BCUT2D eigenvalue weighted by Gasteiger charge is -2.27. The number of para-hydroxylation sites is 1. The van der Waals surface area contributed by atoms with Crippen LogP contribution in [0, 0.1) is 0 Å². The molecule has 1 atom stereocenters. The molecule has 6 nitrogen and oxygen atoms in total. The highest BCUT2D eigenvalue weighted by molar-refractivity contribution is 7.90. The van der Waals surface area contributed by atoms with Gasteiger partial charge in [-0.3, -0.25) is 0 Å². The molecule has 0 fully saturated rings. The molecular weight excluding hydrogens is 374 g/mol. The Hall–Kier alpha value is -2.25. The summed E-state index contributed by atoms with van der Waals surface area (Å²) in [6, 6.07) is 13.6. The number of rotatable bonds is 6. The molecule has 0 saturated heterocycles. The number of nitrogens with zero attached hydrogens (tertiary/aromatic N) is 1. The number of hydrogen-bond donors (Lipinski definition) is 2. The third kappa shape index (κ3) is 5.37. The molecule has 0 bridgehead atoms. The predicted octanol–water partition coefficient (Wildman–Crippen LogP) is 3.39. The molecule has 2 amide bonds. The zero-order valence-electron chi connectivity index (χ0n) is 14.9. The van der Waals surface area contributed by atoms with Crippen LogP contribution in [0.5, 0.6) is 0 Å². The van der Waals surface area contributed by atoms with Gasteiger partial charge in [-0.05, 0) is 37.3 Å². The first-order chi connectivity index (χ1) is 12.2. The molecule has 2 aromatic carbocycles. The van der Waals surface area contributed by atoms with Crippen molar-refractivity contribution in [1.29, 1.82) is 0 Å². The van der Waals surface area contributed by atoms with Crippen LogP contribution in [-0.2, 0) is 9.84 Å². The number of likely N-dealkylation sites (N-methyl/N-ethyl adjacent to an activating group) is 1. The van der Waals surface area contributed by atoms with E-state index in [0.717, 1.165) is 11.9 Å². The summed E-state index contributed by atoms with van der Waals surface area (Å²) in [7, 11) is -1.43. The normalized spacial score (nSPS) is 12.3. The summed E-state index contributed by atoms with van der Waals surface area (Å²) in [5.41, 5.74) is 1.29. The number of halogens is 1. The highest BCUT2D eigenvalue weighted by atomic mass is 35.5. The molecule has 26 heavy (non-hydrogen) atoms. The lowest BCUT2D eigenvalue weighted by atomic mass is 10.2. The second-order valence-electron chi connectivity index (χ2n) is 6.04. The number of hydrogen-bond acceptors (Lipinski definition) is 4. The second kappa shape index (κ2) is 8.42. The Morgan fingerprint density at radius 2 is 1.85 bits per heavy atom. The van der Waals surface area contributed by atoms with E-state index in [-0.39, 0.29) is 21.6 Å². The summed E-state index contributed by atoms with van der Waals surface area (Å²) in [6.45, 7) is 2.39. The molecule has 140 valence electrons. The lowest BCUT2D eigenvalue weighted by Crippen LogP contribution is -2.41. The Morgan fingerprint density at radius 3 is 2.46 bits per heavy atom. The summed E-state index contributed by atoms with van der Waals surface area (Å²) in [6.07, 6.45) is 1.10. The molecule has 0 aromatic heterocycles. The van der Waals surface area contributed by atoms with Crippen molar-refractivity contribution >= 4 is 38.8 Å². The molecule has 0 aliphatic carbocycles. The van der Waals surface area contributed by atoms with Crippen LogP contribution in [0.2, 0.25) is 5.02 Å². The van der Waals surface area contributed by atoms with Crippen molar-refractivity contribution in [3.05, 3.63) is 53.6 Å². The van der Waals surface area contributed by atoms with Gasteiger partial charge < -0.3 is 15.5 Å². The van der Waals surface area contributed by atoms with Crippen molar-refractivity contribution in [3.8, 4) is 0 Å². The van der Waals surface area contributed by atoms with Gasteiger partial charge in [0.05, 0.1) is 15.6 Å². The Kier molecular flexibility index (Phi) is 6.50. The van der Waals surface area contributed by atoms with Crippen molar-refractivity contribution in [3.63, 3.8) is 0 Å². The van der Waals surface area contributed by atoms with Crippen molar-refractivity contribution in [2.24, 2.45) is 0 Å². The van der Waals surface area contributed by atoms with Gasteiger partial charge in [-0.15, -0.1) is 0 Å². The van der Waals surface area contributed by atoms with Gasteiger partial charge in [-0.25, -0.2) is 13.2 Å². The first kappa shape index (κ1) is 20.1. The molecule has 0 saturated carbocycles. The van der Waals surface area contributed by atoms with Crippen LogP contribution in [0.25, 0.3) is 0 Å². The van der Waals surface area contributed by atoms with Gasteiger partial charge in [-0.2, -0.15) is 0 Å². The van der Waals surface area contributed by atoms with Crippen LogP contribution >= 0.6 is 11.6 Å². The van der Waals surface area contributed by atoms with Gasteiger partial charge in [0.1, 0.15) is 0 Å². The van der Waals surface area contributed by atoms with Crippen LogP contribution in [0.4, 0.5) is 16.2 Å². The number of urea groups is 1. The number of amides is 2. The van der Waals surface area contributed by atoms with Crippen molar-refractivity contribution < 1.29 is 13.2 Å². The first-order valence-corrected chi connectivity index (χ1v) is 10.3. The average molecular weight is 396 g/mol. The van der Waals surface area contributed by atoms with Crippen LogP contribution < -0.4 is 15.5 Å². The Labute approximate surface area is 159 Å². The highest BCUT2D eigenvalue weighted by Gasteiger charge is 2.14. The van der Waals surface area contributed by atoms with Crippen LogP contribution in [0.1, 0.15) is 6.92 Å². The Balaban J connectivity index is 1.97. The van der Waals surface area contributed by atoms with Crippen molar-refractivity contribution in [1.82, 2.24) is 5.32 Å². The molecule has 0 heterocycles. The Morgan fingerprint density at radius 1 is 1.19 bits per heavy atom. The minimum atomic E-state index is -3.38. The lowest BCUT2D eigenvalue weighted by molar-refractivity contribution is 0.251. The van der Waals surface area contributed by atoms with E-state index in [9.17, 15) is 13.2 Å². The van der Waals surface area contributed by atoms with Crippen molar-refractivity contribution in [2.75, 3.05) is 30.1 Å². The quantitative estimate of drug-likeness (QED) is 0.785. The zero-order valence-corrected chi connectivity index (χ0v) is 16.4. The minimum Gasteiger partial charge on any atom is -0.370 e. The average Bonchev–Trinajstić information content (AvgIpc) is 2.60. The van der Waals surface area contributed by atoms with Crippen molar-refractivity contribution in [2.45, 2.75) is 17.9 Å². The smallest absolute Gasteiger partial charge is 0.319 e. The molecule has 2 aromatic rings. The number of nitrogens with one attached hydrogen (secondary N) is 2. The van der Waals surface area contributed by atoms with E-state index in [1.807, 2.05) is 44.3 Å². The molecule has 8 heteroatoms. The number of carbonyl (C=O) groups is 1. The summed E-state index contributed by atoms with van der Waals surface area (Å²) >= 11 is 6.04. The molecule has 0 unspecified atom stereocenters. The van der Waals surface area contributed by atoms with E-state index in [2.05, 4.69) is 15.5 Å². The van der Waals surface area contributed by atoms with E-state index in [1.165, 1.54) is 18.2 Å². The Bertz CT molecular complexity index is 873. The summed E-state index contributed by atoms with van der Waals surface area (Å²) < 4.78 is 23.3. The summed E-state index contributed by atoms with van der Waals surface area (Å²) in [5.74, 6) is 0. The van der Waals surface area contributed by atoms with Gasteiger partial charge in [-0.1, -0.05) is 29.8 Å². The minimum absolute atomic E-state index is 0.0565. The van der Waals surface area contributed by atoms with Gasteiger partial charge in [0, 0.05) is 31.6 Å². The van der Waals surface area contributed by atoms with E-state index in [4.69, 9.17) is 11.6 Å². The van der Waals surface area contributed by atoms with E-state index in [0.29, 0.717) is 6.54 Å². The second-order valence-corrected chi connectivity index (χ2v) is 8.47. The number of carbonyl (C=O) groups excluding carboxylic acids is 1. The number of benzene rings is 2. The molecule has 2 N–H and O–H groups in total. The maximum atomic E-state index is 12.1. The fourth-order valence-electron chi connectivity index (χ4n) is 2.29. The molecular formula is C18H22ClN3O3S. The van der Waals surface area contributed by atoms with Gasteiger partial charge in [0.25, 0.3) is 0 Å². The fraction of sp³-hybridized carbons (Fsp3) is 0.278. The molecule has 0 spiro atoms. The van der Waals surface area contributed by atoms with Crippen LogP contribution in [-0.4, -0.2) is 40.3 Å². The summed E-state index contributed by atoms with van der Waals surface area (Å²) in [5, 5.41) is 5.62.